The van der Waals surface area contributed by atoms with Crippen molar-refractivity contribution in [1.82, 2.24) is 4.90 Å². The first-order valence-corrected chi connectivity index (χ1v) is 9.41. The van der Waals surface area contributed by atoms with E-state index in [0.717, 1.165) is 41.8 Å². The second kappa shape index (κ2) is 4.98. The molecule has 1 aromatic rings. The van der Waals surface area contributed by atoms with E-state index in [2.05, 4.69) is 17.1 Å². The van der Waals surface area contributed by atoms with E-state index in [-0.39, 0.29) is 5.54 Å². The molecule has 1 N–H and O–H groups in total. The van der Waals surface area contributed by atoms with Crippen molar-refractivity contribution in [3.8, 4) is 5.75 Å². The van der Waals surface area contributed by atoms with Crippen LogP contribution in [0.15, 0.2) is 18.2 Å². The van der Waals surface area contributed by atoms with Gasteiger partial charge in [-0.25, -0.2) is 0 Å². The predicted molar refractivity (Wildman–Crippen MR) is 93.7 cm³/mol. The van der Waals surface area contributed by atoms with Crippen molar-refractivity contribution in [2.24, 2.45) is 17.8 Å². The minimum atomic E-state index is -0.373. The molecule has 4 fully saturated rings. The Morgan fingerprint density at radius 2 is 2.25 bits per heavy atom. The lowest BCUT2D eigenvalue weighted by Crippen LogP contribution is -2.70. The highest BCUT2D eigenvalue weighted by molar-refractivity contribution is 6.14. The monoisotopic (exact) mass is 326 g/mol. The lowest BCUT2D eigenvalue weighted by Gasteiger charge is -2.62. The first-order chi connectivity index (χ1) is 11.7. The van der Waals surface area contributed by atoms with Crippen molar-refractivity contribution in [2.45, 2.75) is 44.2 Å². The van der Waals surface area contributed by atoms with E-state index in [0.29, 0.717) is 17.7 Å². The summed E-state index contributed by atoms with van der Waals surface area (Å²) in [4.78, 5) is 16.2. The molecule has 1 spiro atoms. The van der Waals surface area contributed by atoms with Crippen molar-refractivity contribution in [3.63, 3.8) is 0 Å². The molecule has 1 unspecified atom stereocenters. The summed E-state index contributed by atoms with van der Waals surface area (Å²) in [6, 6.07) is 6.48. The number of carbonyl (C=O) groups is 1. The Balaban J connectivity index is 1.56. The van der Waals surface area contributed by atoms with E-state index in [9.17, 15) is 4.79 Å². The van der Waals surface area contributed by atoms with Crippen LogP contribution in [0.1, 0.15) is 43.0 Å². The second-order valence-electron chi connectivity index (χ2n) is 8.18. The molecule has 4 heteroatoms. The fourth-order valence-corrected chi connectivity index (χ4v) is 6.21. The van der Waals surface area contributed by atoms with E-state index in [4.69, 9.17) is 4.74 Å². The van der Waals surface area contributed by atoms with Crippen LogP contribution in [0, 0.1) is 17.8 Å². The SMILES string of the molecule is CC[C@@H]1C[C@H]2C[C@H]3[C@@H]1N(CC[C@]31Nc3ccc(OC)cc3C1=O)C2. The number of nitrogens with one attached hydrogen (secondary N) is 1. The van der Waals surface area contributed by atoms with Gasteiger partial charge in [0, 0.05) is 36.3 Å². The number of ketones is 1. The Bertz CT molecular complexity index is 695. The number of ether oxygens (including phenoxy) is 1. The molecule has 24 heavy (non-hydrogen) atoms. The number of hydrogen-bond acceptors (Lipinski definition) is 4. The molecule has 4 nitrogen and oxygen atoms in total. The Hall–Kier alpha value is -1.55. The minimum absolute atomic E-state index is 0.309. The third-order valence-corrected chi connectivity index (χ3v) is 7.22. The summed E-state index contributed by atoms with van der Waals surface area (Å²) in [6.45, 7) is 4.62. The van der Waals surface area contributed by atoms with Crippen LogP contribution in [-0.4, -0.2) is 42.5 Å². The summed E-state index contributed by atoms with van der Waals surface area (Å²) < 4.78 is 5.34. The summed E-state index contributed by atoms with van der Waals surface area (Å²) in [5.41, 5.74) is 1.46. The molecule has 4 aliphatic heterocycles. The maximum absolute atomic E-state index is 13.5. The molecule has 4 heterocycles. The summed E-state index contributed by atoms with van der Waals surface area (Å²) in [5.74, 6) is 3.07. The fraction of sp³-hybridized carbons (Fsp3) is 0.650. The van der Waals surface area contributed by atoms with Gasteiger partial charge in [0.2, 0.25) is 0 Å². The average molecular weight is 326 g/mol. The molecular weight excluding hydrogens is 300 g/mol. The van der Waals surface area contributed by atoms with Gasteiger partial charge < -0.3 is 10.1 Å². The molecule has 0 amide bonds. The van der Waals surface area contributed by atoms with Gasteiger partial charge in [-0.2, -0.15) is 0 Å². The van der Waals surface area contributed by atoms with E-state index in [1.807, 2.05) is 18.2 Å². The number of anilines is 1. The fourth-order valence-electron chi connectivity index (χ4n) is 6.21. The highest BCUT2D eigenvalue weighted by atomic mass is 16.5. The quantitative estimate of drug-likeness (QED) is 0.906. The number of Topliss-reactive ketones (excluding diaryl/α,β-unsaturated/α-hetero) is 1. The Kier molecular flexibility index (Phi) is 3.06. The lowest BCUT2D eigenvalue weighted by molar-refractivity contribution is -0.0893. The molecular formula is C20H26N2O2. The maximum atomic E-state index is 13.5. The number of carbonyl (C=O) groups excluding carboxylic acids is 1. The molecule has 0 aromatic heterocycles. The molecule has 6 atom stereocenters. The van der Waals surface area contributed by atoms with Crippen LogP contribution in [0.3, 0.4) is 0 Å². The molecule has 128 valence electrons. The van der Waals surface area contributed by atoms with Gasteiger partial charge in [-0.05, 0) is 49.3 Å². The van der Waals surface area contributed by atoms with Crippen LogP contribution >= 0.6 is 0 Å². The highest BCUT2D eigenvalue weighted by Gasteiger charge is 2.61. The number of methoxy groups -OCH3 is 1. The Labute approximate surface area is 143 Å². The zero-order valence-corrected chi connectivity index (χ0v) is 14.5. The molecule has 5 aliphatic rings. The molecule has 3 saturated heterocycles. The Morgan fingerprint density at radius 1 is 1.38 bits per heavy atom. The Morgan fingerprint density at radius 3 is 3.04 bits per heavy atom. The smallest absolute Gasteiger partial charge is 0.190 e. The number of rotatable bonds is 2. The lowest BCUT2D eigenvalue weighted by atomic mass is 9.56. The number of nitrogens with zero attached hydrogens (tertiary/aromatic N) is 1. The van der Waals surface area contributed by atoms with Gasteiger partial charge in [-0.15, -0.1) is 0 Å². The van der Waals surface area contributed by atoms with Crippen molar-refractivity contribution in [2.75, 3.05) is 25.5 Å². The summed E-state index contributed by atoms with van der Waals surface area (Å²) in [6.07, 6.45) is 4.74. The number of hydrogen-bond donors (Lipinski definition) is 1. The van der Waals surface area contributed by atoms with Gasteiger partial charge in [0.1, 0.15) is 11.3 Å². The number of benzene rings is 1. The largest absolute Gasteiger partial charge is 0.497 e. The van der Waals surface area contributed by atoms with Crippen LogP contribution < -0.4 is 10.1 Å². The maximum Gasteiger partial charge on any atom is 0.190 e. The summed E-state index contributed by atoms with van der Waals surface area (Å²) in [5, 5.41) is 3.70. The molecule has 4 bridgehead atoms. The molecule has 1 aliphatic carbocycles. The second-order valence-corrected chi connectivity index (χ2v) is 8.18. The topological polar surface area (TPSA) is 41.6 Å². The van der Waals surface area contributed by atoms with Gasteiger partial charge >= 0.3 is 0 Å². The molecule has 0 radical (unpaired) electrons. The van der Waals surface area contributed by atoms with Crippen LogP contribution in [0.5, 0.6) is 5.75 Å². The van der Waals surface area contributed by atoms with Gasteiger partial charge in [0.25, 0.3) is 0 Å². The normalized spacial score (nSPS) is 42.1. The zero-order valence-electron chi connectivity index (χ0n) is 14.5. The standard InChI is InChI=1S/C20H26N2O2/c1-3-13-8-12-9-16-18(13)22(11-12)7-6-20(16)19(23)15-10-14(24-2)4-5-17(15)21-20/h4-5,10,12-13,16,18,21H,3,6-9,11H2,1-2H3/t12-,13+,16-,18+,20-/m0/s1. The van der Waals surface area contributed by atoms with E-state index in [1.54, 1.807) is 7.11 Å². The third kappa shape index (κ3) is 1.75. The van der Waals surface area contributed by atoms with Crippen molar-refractivity contribution in [3.05, 3.63) is 23.8 Å². The summed E-state index contributed by atoms with van der Waals surface area (Å²) >= 11 is 0. The third-order valence-electron chi connectivity index (χ3n) is 7.22. The van der Waals surface area contributed by atoms with Gasteiger partial charge in [0.05, 0.1) is 7.11 Å². The van der Waals surface area contributed by atoms with E-state index < -0.39 is 0 Å². The zero-order chi connectivity index (χ0) is 16.5. The molecule has 1 aromatic carbocycles. The van der Waals surface area contributed by atoms with Gasteiger partial charge in [-0.1, -0.05) is 13.3 Å². The van der Waals surface area contributed by atoms with Crippen LogP contribution in [0.2, 0.25) is 0 Å². The van der Waals surface area contributed by atoms with Crippen molar-refractivity contribution >= 4 is 11.5 Å². The molecule has 6 rings (SSSR count). The number of piperidine rings is 3. The van der Waals surface area contributed by atoms with Crippen molar-refractivity contribution in [1.29, 1.82) is 0 Å². The predicted octanol–water partition coefficient (Wildman–Crippen LogP) is 3.18. The van der Waals surface area contributed by atoms with E-state index in [1.165, 1.54) is 25.8 Å². The first kappa shape index (κ1) is 14.8. The number of fused-ring (bicyclic) bond motifs is 2. The van der Waals surface area contributed by atoms with Crippen LogP contribution in [0.25, 0.3) is 0 Å². The molecule has 1 saturated carbocycles. The first-order valence-electron chi connectivity index (χ1n) is 9.41. The van der Waals surface area contributed by atoms with Gasteiger partial charge in [-0.3, -0.25) is 9.69 Å². The average Bonchev–Trinajstić information content (AvgIpc) is 2.91. The van der Waals surface area contributed by atoms with Crippen LogP contribution in [-0.2, 0) is 0 Å². The summed E-state index contributed by atoms with van der Waals surface area (Å²) in [7, 11) is 1.66. The van der Waals surface area contributed by atoms with Crippen LogP contribution in [0.4, 0.5) is 5.69 Å². The van der Waals surface area contributed by atoms with Crippen molar-refractivity contribution < 1.29 is 9.53 Å². The minimum Gasteiger partial charge on any atom is -0.497 e. The van der Waals surface area contributed by atoms with E-state index >= 15 is 0 Å². The highest BCUT2D eigenvalue weighted by Crippen LogP contribution is 2.55. The van der Waals surface area contributed by atoms with Gasteiger partial charge in [0.15, 0.2) is 5.78 Å².